The van der Waals surface area contributed by atoms with Gasteiger partial charge in [-0.3, -0.25) is 4.79 Å². The summed E-state index contributed by atoms with van der Waals surface area (Å²) >= 11 is 0. The number of hydrogen-bond acceptors (Lipinski definition) is 5. The van der Waals surface area contributed by atoms with E-state index in [2.05, 4.69) is 0 Å². The lowest BCUT2D eigenvalue weighted by atomic mass is 10.00. The van der Waals surface area contributed by atoms with Crippen molar-refractivity contribution >= 4 is 23.1 Å². The van der Waals surface area contributed by atoms with E-state index in [9.17, 15) is 9.59 Å². The number of methoxy groups -OCH3 is 1. The van der Waals surface area contributed by atoms with E-state index in [0.717, 1.165) is 18.7 Å². The molecule has 1 aromatic carbocycles. The molecule has 0 aromatic heterocycles. The molecule has 1 aliphatic rings. The summed E-state index contributed by atoms with van der Waals surface area (Å²) < 4.78 is 4.73. The van der Waals surface area contributed by atoms with Crippen LogP contribution in [0.25, 0.3) is 0 Å². The average molecular weight is 248 g/mol. The Kier molecular flexibility index (Phi) is 3.23. The quantitative estimate of drug-likeness (QED) is 0.494. The molecule has 96 valence electrons. The van der Waals surface area contributed by atoms with Crippen LogP contribution in [0.1, 0.15) is 23.7 Å². The third-order valence-corrected chi connectivity index (χ3v) is 3.24. The van der Waals surface area contributed by atoms with E-state index in [-0.39, 0.29) is 17.8 Å². The zero-order chi connectivity index (χ0) is 13.3. The Morgan fingerprint density at radius 3 is 2.61 bits per heavy atom. The molecular weight excluding hydrogens is 232 g/mol. The minimum atomic E-state index is -0.263. The first-order chi connectivity index (χ1) is 8.54. The molecule has 5 heteroatoms. The van der Waals surface area contributed by atoms with E-state index in [4.69, 9.17) is 10.5 Å². The molecule has 0 aliphatic carbocycles. The van der Waals surface area contributed by atoms with Crippen LogP contribution in [0.15, 0.2) is 18.2 Å². The Morgan fingerprint density at radius 2 is 2.17 bits per heavy atom. The number of hydrogen-bond donors (Lipinski definition) is 1. The van der Waals surface area contributed by atoms with Crippen molar-refractivity contribution in [3.8, 4) is 0 Å². The Bertz CT molecular complexity index is 499. The number of nitrogens with zero attached hydrogens (tertiary/aromatic N) is 1. The van der Waals surface area contributed by atoms with Gasteiger partial charge in [-0.25, -0.2) is 4.79 Å². The highest BCUT2D eigenvalue weighted by Gasteiger charge is 2.36. The van der Waals surface area contributed by atoms with Crippen molar-refractivity contribution < 1.29 is 14.3 Å². The van der Waals surface area contributed by atoms with Gasteiger partial charge in [0.25, 0.3) is 0 Å². The highest BCUT2D eigenvalue weighted by atomic mass is 16.5. The smallest absolute Gasteiger partial charge is 0.328 e. The number of esters is 1. The predicted octanol–water partition coefficient (Wildman–Crippen LogP) is 1.22. The van der Waals surface area contributed by atoms with Crippen LogP contribution in [0.2, 0.25) is 0 Å². The van der Waals surface area contributed by atoms with Gasteiger partial charge in [0.05, 0.1) is 18.5 Å². The van der Waals surface area contributed by atoms with E-state index in [1.54, 1.807) is 18.2 Å². The van der Waals surface area contributed by atoms with Gasteiger partial charge in [-0.2, -0.15) is 0 Å². The van der Waals surface area contributed by atoms with Crippen molar-refractivity contribution in [3.05, 3.63) is 23.8 Å². The lowest BCUT2D eigenvalue weighted by molar-refractivity contribution is -0.143. The zero-order valence-electron chi connectivity index (χ0n) is 10.5. The first-order valence-corrected chi connectivity index (χ1v) is 5.79. The van der Waals surface area contributed by atoms with Gasteiger partial charge in [0.1, 0.15) is 6.04 Å². The Morgan fingerprint density at radius 1 is 1.44 bits per heavy atom. The minimum Gasteiger partial charge on any atom is -0.467 e. The molecule has 1 aliphatic heterocycles. The molecule has 0 saturated carbocycles. The molecule has 2 rings (SSSR count). The average Bonchev–Trinajstić information content (AvgIpc) is 2.29. The largest absolute Gasteiger partial charge is 0.467 e. The van der Waals surface area contributed by atoms with Crippen LogP contribution in [-0.4, -0.2) is 31.4 Å². The lowest BCUT2D eigenvalue weighted by Gasteiger charge is -2.41. The van der Waals surface area contributed by atoms with Gasteiger partial charge in [0.2, 0.25) is 0 Å². The van der Waals surface area contributed by atoms with Crippen LogP contribution in [0, 0.1) is 0 Å². The third-order valence-electron chi connectivity index (χ3n) is 3.24. The molecule has 1 aromatic rings. The molecule has 0 radical (unpaired) electrons. The van der Waals surface area contributed by atoms with Crippen molar-refractivity contribution in [3.63, 3.8) is 0 Å². The summed E-state index contributed by atoms with van der Waals surface area (Å²) in [7, 11) is 1.38. The van der Waals surface area contributed by atoms with Crippen LogP contribution in [-0.2, 0) is 9.53 Å². The van der Waals surface area contributed by atoms with E-state index in [1.807, 2.05) is 4.90 Å². The molecule has 1 atom stereocenters. The number of carbonyl (C=O) groups is 2. The summed E-state index contributed by atoms with van der Waals surface area (Å²) in [4.78, 5) is 24.6. The molecule has 18 heavy (non-hydrogen) atoms. The first kappa shape index (κ1) is 12.4. The summed E-state index contributed by atoms with van der Waals surface area (Å²) in [6.45, 7) is 2.26. The summed E-state index contributed by atoms with van der Waals surface area (Å²) in [5, 5.41) is 0. The maximum atomic E-state index is 11.5. The molecule has 5 nitrogen and oxygen atoms in total. The molecule has 0 spiro atoms. The fourth-order valence-corrected chi connectivity index (χ4v) is 2.09. The summed E-state index contributed by atoms with van der Waals surface area (Å²) in [6, 6.07) is 4.88. The molecule has 1 saturated heterocycles. The Labute approximate surface area is 106 Å². The van der Waals surface area contributed by atoms with Crippen LogP contribution in [0.5, 0.6) is 0 Å². The van der Waals surface area contributed by atoms with Crippen molar-refractivity contribution in [2.24, 2.45) is 0 Å². The molecule has 1 heterocycles. The Hall–Kier alpha value is -2.04. The maximum Gasteiger partial charge on any atom is 0.328 e. The van der Waals surface area contributed by atoms with Crippen molar-refractivity contribution in [2.45, 2.75) is 19.4 Å². The van der Waals surface area contributed by atoms with Gasteiger partial charge >= 0.3 is 5.97 Å². The standard InChI is InChI=1S/C13H16N2O3/c1-8(16)9-3-4-11(10(14)7-9)15-6-5-12(15)13(17)18-2/h3-4,7,12H,5-6,14H2,1-2H3. The van der Waals surface area contributed by atoms with E-state index in [1.165, 1.54) is 14.0 Å². The minimum absolute atomic E-state index is 0.0265. The number of benzene rings is 1. The highest BCUT2D eigenvalue weighted by Crippen LogP contribution is 2.32. The second-order valence-corrected chi connectivity index (χ2v) is 4.35. The van der Waals surface area contributed by atoms with E-state index < -0.39 is 0 Å². The molecular formula is C13H16N2O3. The predicted molar refractivity (Wildman–Crippen MR) is 68.6 cm³/mol. The van der Waals surface area contributed by atoms with Crippen LogP contribution >= 0.6 is 0 Å². The molecule has 2 N–H and O–H groups in total. The van der Waals surface area contributed by atoms with Crippen LogP contribution in [0.3, 0.4) is 0 Å². The first-order valence-electron chi connectivity index (χ1n) is 5.79. The number of anilines is 2. The van der Waals surface area contributed by atoms with Gasteiger partial charge in [-0.1, -0.05) is 0 Å². The van der Waals surface area contributed by atoms with Gasteiger partial charge in [0.15, 0.2) is 5.78 Å². The normalized spacial score (nSPS) is 18.1. The summed E-state index contributed by atoms with van der Waals surface area (Å²) in [6.07, 6.45) is 0.764. The van der Waals surface area contributed by atoms with Gasteiger partial charge < -0.3 is 15.4 Å². The van der Waals surface area contributed by atoms with Gasteiger partial charge in [-0.05, 0) is 31.5 Å². The summed E-state index contributed by atoms with van der Waals surface area (Å²) in [5.74, 6) is -0.280. The second-order valence-electron chi connectivity index (χ2n) is 4.35. The topological polar surface area (TPSA) is 72.6 Å². The number of Topliss-reactive ketones (excluding diaryl/α,β-unsaturated/α-hetero) is 1. The number of ketones is 1. The molecule has 1 fully saturated rings. The number of rotatable bonds is 3. The molecule has 1 unspecified atom stereocenters. The van der Waals surface area contributed by atoms with Gasteiger partial charge in [-0.15, -0.1) is 0 Å². The summed E-state index contributed by atoms with van der Waals surface area (Å²) in [5.41, 5.74) is 7.79. The van der Waals surface area contributed by atoms with E-state index in [0.29, 0.717) is 11.3 Å². The monoisotopic (exact) mass is 248 g/mol. The lowest BCUT2D eigenvalue weighted by Crippen LogP contribution is -2.53. The van der Waals surface area contributed by atoms with Crippen molar-refractivity contribution in [1.29, 1.82) is 0 Å². The second kappa shape index (κ2) is 4.68. The number of nitrogens with two attached hydrogens (primary N) is 1. The zero-order valence-corrected chi connectivity index (χ0v) is 10.5. The maximum absolute atomic E-state index is 11.5. The third kappa shape index (κ3) is 2.03. The number of carbonyl (C=O) groups excluding carboxylic acids is 2. The van der Waals surface area contributed by atoms with Crippen molar-refractivity contribution in [2.75, 3.05) is 24.3 Å². The van der Waals surface area contributed by atoms with E-state index >= 15 is 0 Å². The van der Waals surface area contributed by atoms with Gasteiger partial charge in [0, 0.05) is 12.1 Å². The SMILES string of the molecule is COC(=O)C1CCN1c1ccc(C(C)=O)cc1N. The van der Waals surface area contributed by atoms with Crippen molar-refractivity contribution in [1.82, 2.24) is 0 Å². The van der Waals surface area contributed by atoms with Crippen LogP contribution in [0.4, 0.5) is 11.4 Å². The number of nitrogen functional groups attached to an aromatic ring is 1. The fourth-order valence-electron chi connectivity index (χ4n) is 2.09. The molecule has 0 bridgehead atoms. The number of ether oxygens (including phenoxy) is 1. The Balaban J connectivity index is 2.24. The fraction of sp³-hybridized carbons (Fsp3) is 0.385. The van der Waals surface area contributed by atoms with Crippen LogP contribution < -0.4 is 10.6 Å². The highest BCUT2D eigenvalue weighted by molar-refractivity contribution is 5.96. The molecule has 0 amide bonds.